The van der Waals surface area contributed by atoms with Crippen molar-refractivity contribution in [1.82, 2.24) is 15.0 Å². The molecule has 0 spiro atoms. The van der Waals surface area contributed by atoms with E-state index in [1.165, 1.54) is 0 Å². The van der Waals surface area contributed by atoms with Gasteiger partial charge in [0.25, 0.3) is 5.91 Å². The zero-order valence-electron chi connectivity index (χ0n) is 22.4. The van der Waals surface area contributed by atoms with Crippen molar-refractivity contribution in [3.63, 3.8) is 0 Å². The van der Waals surface area contributed by atoms with Crippen molar-refractivity contribution in [2.45, 2.75) is 53.2 Å². The molecule has 0 aliphatic carbocycles. The van der Waals surface area contributed by atoms with Crippen LogP contribution in [0.1, 0.15) is 49.0 Å². The van der Waals surface area contributed by atoms with E-state index in [9.17, 15) is 9.59 Å². The molecule has 198 valence electrons. The van der Waals surface area contributed by atoms with Crippen molar-refractivity contribution in [2.24, 2.45) is 5.92 Å². The van der Waals surface area contributed by atoms with Crippen molar-refractivity contribution in [3.8, 4) is 5.75 Å². The predicted octanol–water partition coefficient (Wildman–Crippen LogP) is 4.15. The highest BCUT2D eigenvalue weighted by molar-refractivity contribution is 6.02. The summed E-state index contributed by atoms with van der Waals surface area (Å²) in [5.41, 5.74) is 1.94. The van der Waals surface area contributed by atoms with Gasteiger partial charge in [-0.25, -0.2) is 4.79 Å². The molecule has 10 nitrogen and oxygen atoms in total. The number of anilines is 2. The summed E-state index contributed by atoms with van der Waals surface area (Å²) in [7, 11) is 3.45. The van der Waals surface area contributed by atoms with E-state index in [-0.39, 0.29) is 24.0 Å². The van der Waals surface area contributed by atoms with E-state index in [0.29, 0.717) is 47.3 Å². The Hall–Kier alpha value is -3.11. The first-order valence-corrected chi connectivity index (χ1v) is 12.4. The lowest BCUT2D eigenvalue weighted by molar-refractivity contribution is 0.0108. The summed E-state index contributed by atoms with van der Waals surface area (Å²) in [6.45, 7) is 12.6. The number of carbonyl (C=O) groups is 2. The lowest BCUT2D eigenvalue weighted by Crippen LogP contribution is -2.46. The molecular formula is C26H39N5O5. The number of rotatable bonds is 5. The Morgan fingerprint density at radius 3 is 2.61 bits per heavy atom. The zero-order chi connectivity index (χ0) is 26.4. The predicted molar refractivity (Wildman–Crippen MR) is 139 cm³/mol. The highest BCUT2D eigenvalue weighted by Gasteiger charge is 2.28. The number of amides is 3. The van der Waals surface area contributed by atoms with Gasteiger partial charge in [0.15, 0.2) is 5.76 Å². The van der Waals surface area contributed by atoms with E-state index < -0.39 is 6.03 Å². The second-order valence-corrected chi connectivity index (χ2v) is 9.58. The van der Waals surface area contributed by atoms with Gasteiger partial charge in [-0.2, -0.15) is 0 Å². The van der Waals surface area contributed by atoms with Crippen LogP contribution in [0.4, 0.5) is 16.2 Å². The average molecular weight is 502 g/mol. The third kappa shape index (κ3) is 6.55. The molecule has 0 saturated carbocycles. The van der Waals surface area contributed by atoms with Crippen LogP contribution in [0.3, 0.4) is 0 Å². The molecule has 2 N–H and O–H groups in total. The van der Waals surface area contributed by atoms with Crippen molar-refractivity contribution in [1.29, 1.82) is 0 Å². The lowest BCUT2D eigenvalue weighted by Gasteiger charge is -2.35. The molecule has 2 aromatic rings. The molecule has 36 heavy (non-hydrogen) atoms. The van der Waals surface area contributed by atoms with E-state index in [4.69, 9.17) is 14.0 Å². The Morgan fingerprint density at radius 2 is 1.97 bits per heavy atom. The van der Waals surface area contributed by atoms with Gasteiger partial charge < -0.3 is 29.5 Å². The van der Waals surface area contributed by atoms with Crippen LogP contribution >= 0.6 is 0 Å². The normalized spacial score (nSPS) is 21.7. The van der Waals surface area contributed by atoms with E-state index in [2.05, 4.69) is 41.5 Å². The molecule has 0 saturated heterocycles. The monoisotopic (exact) mass is 501 g/mol. The summed E-state index contributed by atoms with van der Waals surface area (Å²) < 4.78 is 17.1. The summed E-state index contributed by atoms with van der Waals surface area (Å²) in [6.07, 6.45) is 0.922. The number of ether oxygens (including phenoxy) is 2. The first-order valence-electron chi connectivity index (χ1n) is 12.4. The lowest BCUT2D eigenvalue weighted by atomic mass is 10.0. The molecule has 1 aromatic heterocycles. The summed E-state index contributed by atoms with van der Waals surface area (Å²) in [4.78, 5) is 30.2. The van der Waals surface area contributed by atoms with Crippen LogP contribution < -0.4 is 15.4 Å². The number of fused-ring (bicyclic) bond motifs is 1. The van der Waals surface area contributed by atoms with E-state index in [0.717, 1.165) is 19.5 Å². The Bertz CT molecular complexity index is 1040. The fourth-order valence-electron chi connectivity index (χ4n) is 4.47. The van der Waals surface area contributed by atoms with Crippen molar-refractivity contribution in [2.75, 3.05) is 51.0 Å². The number of aromatic nitrogens is 1. The van der Waals surface area contributed by atoms with Gasteiger partial charge in [0.1, 0.15) is 23.7 Å². The van der Waals surface area contributed by atoms with Crippen LogP contribution in [0.5, 0.6) is 5.75 Å². The number of urea groups is 1. The van der Waals surface area contributed by atoms with Crippen molar-refractivity contribution >= 4 is 23.3 Å². The van der Waals surface area contributed by atoms with E-state index in [1.54, 1.807) is 51.1 Å². The van der Waals surface area contributed by atoms with Crippen LogP contribution in [-0.4, -0.2) is 79.4 Å². The largest absolute Gasteiger partial charge is 0.491 e. The Morgan fingerprint density at radius 1 is 1.22 bits per heavy atom. The smallest absolute Gasteiger partial charge is 0.323 e. The number of aryl methyl sites for hydroxylation is 2. The molecular weight excluding hydrogens is 462 g/mol. The van der Waals surface area contributed by atoms with Gasteiger partial charge in [0, 0.05) is 39.0 Å². The van der Waals surface area contributed by atoms with E-state index in [1.807, 2.05) is 0 Å². The zero-order valence-corrected chi connectivity index (χ0v) is 22.4. The summed E-state index contributed by atoms with van der Waals surface area (Å²) in [5.74, 6) is 1.01. The third-order valence-electron chi connectivity index (χ3n) is 6.61. The minimum Gasteiger partial charge on any atom is -0.491 e. The van der Waals surface area contributed by atoms with Gasteiger partial charge in [-0.05, 0) is 57.9 Å². The minimum atomic E-state index is -0.462. The molecule has 2 heterocycles. The van der Waals surface area contributed by atoms with Crippen LogP contribution in [0, 0.1) is 19.8 Å². The third-order valence-corrected chi connectivity index (χ3v) is 6.61. The quantitative estimate of drug-likeness (QED) is 0.633. The van der Waals surface area contributed by atoms with Crippen LogP contribution in [0.15, 0.2) is 22.7 Å². The number of nitrogens with zero attached hydrogens (tertiary/aromatic N) is 3. The van der Waals surface area contributed by atoms with E-state index >= 15 is 0 Å². The molecule has 0 radical (unpaired) electrons. The maximum atomic E-state index is 13.5. The highest BCUT2D eigenvalue weighted by atomic mass is 16.5. The number of likely N-dealkylation sites (N-methyl/N-ethyl adjacent to an activating group) is 1. The average Bonchev–Trinajstić information content (AvgIpc) is 3.16. The summed E-state index contributed by atoms with van der Waals surface area (Å²) in [5, 5.41) is 9.38. The molecule has 3 amide bonds. The van der Waals surface area contributed by atoms with Gasteiger partial charge in [0.05, 0.1) is 11.7 Å². The molecule has 1 aromatic carbocycles. The van der Waals surface area contributed by atoms with Gasteiger partial charge in [0.2, 0.25) is 0 Å². The molecule has 1 aliphatic rings. The Kier molecular flexibility index (Phi) is 9.33. The van der Waals surface area contributed by atoms with Gasteiger partial charge in [-0.1, -0.05) is 19.0 Å². The number of carbonyl (C=O) groups excluding carboxylic acids is 2. The van der Waals surface area contributed by atoms with Gasteiger partial charge in [-0.3, -0.25) is 9.69 Å². The van der Waals surface area contributed by atoms with Crippen molar-refractivity contribution < 1.29 is 23.6 Å². The molecule has 0 fully saturated rings. The maximum Gasteiger partial charge on any atom is 0.323 e. The molecule has 0 unspecified atom stereocenters. The number of methoxy groups -OCH3 is 1. The molecule has 3 rings (SSSR count). The highest BCUT2D eigenvalue weighted by Crippen LogP contribution is 2.27. The second kappa shape index (κ2) is 12.2. The molecule has 10 heteroatoms. The van der Waals surface area contributed by atoms with Crippen LogP contribution in [0.2, 0.25) is 0 Å². The number of nitrogens with one attached hydrogen (secondary N) is 2. The first-order chi connectivity index (χ1) is 17.1. The molecule has 1 aliphatic heterocycles. The number of hydrogen-bond donors (Lipinski definition) is 2. The van der Waals surface area contributed by atoms with Crippen molar-refractivity contribution in [3.05, 3.63) is 35.2 Å². The molecule has 3 atom stereocenters. The maximum absolute atomic E-state index is 13.5. The standard InChI is InChI=1S/C26H39N5O5/c1-8-11-31-13-16(2)23(34-7)14-30(6)25(32)21-12-20(9-10-22(21)35-15-17(31)3)27-26(33)28-24-18(4)29-36-19(24)5/h9-10,12,16-17,23H,8,11,13-15H2,1-7H3,(H2,27,28,33)/t16-,17+,23+/m1/s1. The first kappa shape index (κ1) is 27.5. The Labute approximate surface area is 213 Å². The fraction of sp³-hybridized carbons (Fsp3) is 0.577. The van der Waals surface area contributed by atoms with Crippen LogP contribution in [-0.2, 0) is 4.74 Å². The number of hydrogen-bond acceptors (Lipinski definition) is 7. The Balaban J connectivity index is 1.87. The summed E-state index contributed by atoms with van der Waals surface area (Å²) >= 11 is 0. The van der Waals surface area contributed by atoms with Crippen LogP contribution in [0.25, 0.3) is 0 Å². The molecule has 0 bridgehead atoms. The second-order valence-electron chi connectivity index (χ2n) is 9.58. The SMILES string of the molecule is CCCN1C[C@@H](C)[C@@H](OC)CN(C)C(=O)c2cc(NC(=O)Nc3c(C)noc3C)ccc2OC[C@@H]1C. The summed E-state index contributed by atoms with van der Waals surface area (Å²) in [6, 6.07) is 4.79. The van der Waals surface area contributed by atoms with Gasteiger partial charge in [-0.15, -0.1) is 0 Å². The number of benzene rings is 1. The van der Waals surface area contributed by atoms with Gasteiger partial charge >= 0.3 is 6.03 Å². The minimum absolute atomic E-state index is 0.114. The topological polar surface area (TPSA) is 109 Å². The fourth-order valence-corrected chi connectivity index (χ4v) is 4.47.